The van der Waals surface area contributed by atoms with E-state index in [1.165, 1.54) is 0 Å². The average molecular weight is 342 g/mol. The second-order valence-corrected chi connectivity index (χ2v) is 5.61. The summed E-state index contributed by atoms with van der Waals surface area (Å²) in [7, 11) is 0. The summed E-state index contributed by atoms with van der Waals surface area (Å²) in [6.45, 7) is 0. The Balaban J connectivity index is 2.69. The van der Waals surface area contributed by atoms with E-state index in [1.807, 2.05) is 0 Å². The van der Waals surface area contributed by atoms with Gasteiger partial charge < -0.3 is 15.3 Å². The molecule has 2 rings (SSSR count). The molecule has 2 aromatic carbocycles. The lowest BCUT2D eigenvalue weighted by Crippen LogP contribution is -2.01. The minimum Gasteiger partial charge on any atom is -0.508 e. The smallest absolute Gasteiger partial charge is 0.128 e. The average Bonchev–Trinajstić information content (AvgIpc) is 2.63. The van der Waals surface area contributed by atoms with E-state index in [-0.39, 0.29) is 42.1 Å². The predicted octanol–water partition coefficient (Wildman–Crippen LogP) is 3.50. The molecule has 0 radical (unpaired) electrons. The van der Waals surface area contributed by atoms with Crippen LogP contribution < -0.4 is 0 Å². The molecule has 0 amide bonds. The minimum atomic E-state index is -0.107. The van der Waals surface area contributed by atoms with Crippen LogP contribution in [0.2, 0.25) is 0 Å². The predicted molar refractivity (Wildman–Crippen MR) is 104 cm³/mol. The molecule has 0 saturated carbocycles. The van der Waals surface area contributed by atoms with Crippen LogP contribution in [0.4, 0.5) is 0 Å². The van der Waals surface area contributed by atoms with Crippen LogP contribution in [0.5, 0.6) is 17.2 Å². The van der Waals surface area contributed by atoms with E-state index < -0.39 is 0 Å². The highest BCUT2D eigenvalue weighted by Crippen LogP contribution is 2.39. The first-order valence-corrected chi connectivity index (χ1v) is 7.89. The number of phenols is 3. The monoisotopic (exact) mass is 342 g/mol. The Morgan fingerprint density at radius 1 is 0.692 bits per heavy atom. The minimum absolute atomic E-state index is 0.0643. The molecule has 26 heavy (non-hydrogen) atoms. The van der Waals surface area contributed by atoms with Gasteiger partial charge in [0.25, 0.3) is 0 Å². The Morgan fingerprint density at radius 3 is 1.62 bits per heavy atom. The standard InChI is InChI=1S/C23H18O3/c1-4-7-19-18(15-12-16-10-13-17(24)14-11-16)20(8-5-2)23(26)21(9-6-3)22(19)25/h1-3,10-15,24-26H,7-9H2. The quantitative estimate of drug-likeness (QED) is 0.576. The van der Waals surface area contributed by atoms with Gasteiger partial charge in [0, 0.05) is 36.0 Å². The van der Waals surface area contributed by atoms with Gasteiger partial charge in [-0.05, 0) is 23.3 Å². The summed E-state index contributed by atoms with van der Waals surface area (Å²) in [6.07, 6.45) is 20.2. The number of terminal acetylenes is 3. The van der Waals surface area contributed by atoms with E-state index in [0.717, 1.165) is 5.56 Å². The topological polar surface area (TPSA) is 60.7 Å². The van der Waals surface area contributed by atoms with Crippen molar-refractivity contribution in [2.24, 2.45) is 0 Å². The number of benzene rings is 2. The van der Waals surface area contributed by atoms with Crippen molar-refractivity contribution < 1.29 is 15.3 Å². The van der Waals surface area contributed by atoms with Crippen LogP contribution in [-0.4, -0.2) is 15.3 Å². The van der Waals surface area contributed by atoms with Crippen molar-refractivity contribution in [1.82, 2.24) is 0 Å². The zero-order valence-corrected chi connectivity index (χ0v) is 14.2. The molecule has 0 aliphatic rings. The molecular formula is C23H18O3. The molecule has 0 spiro atoms. The lowest BCUT2D eigenvalue weighted by Gasteiger charge is -2.17. The third-order valence-electron chi connectivity index (χ3n) is 3.97. The molecule has 0 atom stereocenters. The number of hydrogen-bond acceptors (Lipinski definition) is 3. The molecule has 0 aliphatic carbocycles. The van der Waals surface area contributed by atoms with Crippen LogP contribution in [-0.2, 0) is 19.3 Å². The van der Waals surface area contributed by atoms with E-state index in [0.29, 0.717) is 16.7 Å². The van der Waals surface area contributed by atoms with Crippen molar-refractivity contribution in [3.8, 4) is 54.3 Å². The second kappa shape index (κ2) is 8.39. The first kappa shape index (κ1) is 18.6. The summed E-state index contributed by atoms with van der Waals surface area (Å²) in [4.78, 5) is 0. The number of phenolic OH excluding ortho intramolecular Hbond substituents is 3. The van der Waals surface area contributed by atoms with E-state index in [9.17, 15) is 15.3 Å². The van der Waals surface area contributed by atoms with E-state index in [1.54, 1.807) is 36.4 Å². The molecule has 0 fully saturated rings. The van der Waals surface area contributed by atoms with Crippen molar-refractivity contribution in [2.75, 3.05) is 0 Å². The lowest BCUT2D eigenvalue weighted by molar-refractivity contribution is 0.434. The van der Waals surface area contributed by atoms with Gasteiger partial charge in [-0.25, -0.2) is 0 Å². The van der Waals surface area contributed by atoms with Crippen LogP contribution in [0.1, 0.15) is 27.8 Å². The van der Waals surface area contributed by atoms with Gasteiger partial charge in [0.2, 0.25) is 0 Å². The SMILES string of the molecule is C#CCc1c(O)c(CC#C)c(C=Cc2ccc(O)cc2)c(CC#C)c1O. The number of hydrogen-bond donors (Lipinski definition) is 3. The first-order valence-electron chi connectivity index (χ1n) is 7.89. The summed E-state index contributed by atoms with van der Waals surface area (Å²) in [6, 6.07) is 6.60. The molecular weight excluding hydrogens is 324 g/mol. The summed E-state index contributed by atoms with van der Waals surface area (Å²) < 4.78 is 0. The molecule has 0 bridgehead atoms. The molecule has 0 aromatic heterocycles. The maximum absolute atomic E-state index is 10.6. The first-order chi connectivity index (χ1) is 12.5. The van der Waals surface area contributed by atoms with Gasteiger partial charge in [-0.3, -0.25) is 0 Å². The van der Waals surface area contributed by atoms with Crippen molar-refractivity contribution in [3.63, 3.8) is 0 Å². The van der Waals surface area contributed by atoms with E-state index in [4.69, 9.17) is 19.3 Å². The van der Waals surface area contributed by atoms with Gasteiger partial charge in [-0.2, -0.15) is 0 Å². The highest BCUT2D eigenvalue weighted by molar-refractivity contribution is 5.78. The third-order valence-corrected chi connectivity index (χ3v) is 3.97. The normalized spacial score (nSPS) is 10.2. The molecule has 3 N–H and O–H groups in total. The molecule has 0 saturated heterocycles. The fraction of sp³-hybridized carbons (Fsp3) is 0.130. The maximum Gasteiger partial charge on any atom is 0.128 e. The Labute approximate surface area is 153 Å². The fourth-order valence-electron chi connectivity index (χ4n) is 2.71. The summed E-state index contributed by atoms with van der Waals surface area (Å²) in [5, 5.41) is 30.5. The zero-order valence-electron chi connectivity index (χ0n) is 14.2. The van der Waals surface area contributed by atoms with Crippen LogP contribution >= 0.6 is 0 Å². The molecule has 0 aliphatic heterocycles. The molecule has 3 nitrogen and oxygen atoms in total. The van der Waals surface area contributed by atoms with Crippen LogP contribution in [0.3, 0.4) is 0 Å². The summed E-state index contributed by atoms with van der Waals surface area (Å²) >= 11 is 0. The van der Waals surface area contributed by atoms with Gasteiger partial charge in [0.05, 0.1) is 0 Å². The highest BCUT2D eigenvalue weighted by Gasteiger charge is 2.20. The fourth-order valence-corrected chi connectivity index (χ4v) is 2.71. The van der Waals surface area contributed by atoms with E-state index in [2.05, 4.69) is 17.8 Å². The molecule has 0 heterocycles. The van der Waals surface area contributed by atoms with Crippen molar-refractivity contribution in [1.29, 1.82) is 0 Å². The Kier molecular flexibility index (Phi) is 6.00. The van der Waals surface area contributed by atoms with Gasteiger partial charge >= 0.3 is 0 Å². The van der Waals surface area contributed by atoms with Gasteiger partial charge in [-0.15, -0.1) is 37.0 Å². The number of rotatable bonds is 5. The van der Waals surface area contributed by atoms with Crippen molar-refractivity contribution in [3.05, 3.63) is 52.1 Å². The van der Waals surface area contributed by atoms with Gasteiger partial charge in [0.15, 0.2) is 0 Å². The van der Waals surface area contributed by atoms with E-state index >= 15 is 0 Å². The number of aromatic hydroxyl groups is 3. The third kappa shape index (κ3) is 3.84. The highest BCUT2D eigenvalue weighted by atomic mass is 16.3. The zero-order chi connectivity index (χ0) is 19.1. The van der Waals surface area contributed by atoms with Crippen LogP contribution in [0.15, 0.2) is 24.3 Å². The lowest BCUT2D eigenvalue weighted by atomic mass is 9.90. The van der Waals surface area contributed by atoms with Crippen molar-refractivity contribution >= 4 is 12.2 Å². The molecule has 0 unspecified atom stereocenters. The van der Waals surface area contributed by atoms with Crippen LogP contribution in [0.25, 0.3) is 12.2 Å². The second-order valence-electron chi connectivity index (χ2n) is 5.61. The van der Waals surface area contributed by atoms with Gasteiger partial charge in [-0.1, -0.05) is 24.3 Å². The van der Waals surface area contributed by atoms with Gasteiger partial charge in [0.1, 0.15) is 17.2 Å². The Hall–Kier alpha value is -3.74. The largest absolute Gasteiger partial charge is 0.508 e. The molecule has 128 valence electrons. The summed E-state index contributed by atoms with van der Waals surface area (Å²) in [5.41, 5.74) is 2.65. The van der Waals surface area contributed by atoms with Crippen LogP contribution in [0, 0.1) is 37.0 Å². The molecule has 3 heteroatoms. The Bertz CT molecular complexity index is 916. The van der Waals surface area contributed by atoms with Crippen molar-refractivity contribution in [2.45, 2.75) is 19.3 Å². The molecule has 2 aromatic rings. The summed E-state index contributed by atoms with van der Waals surface area (Å²) in [5.74, 6) is 7.41. The maximum atomic E-state index is 10.6. The Morgan fingerprint density at radius 2 is 1.15 bits per heavy atom.